The maximum Gasteiger partial charge on any atom is 2.00 e. The molecule has 5 aromatic rings. The molecule has 0 saturated carbocycles. The van der Waals surface area contributed by atoms with Gasteiger partial charge in [0, 0.05) is 50.0 Å². The Labute approximate surface area is 256 Å². The van der Waals surface area contributed by atoms with Crippen LogP contribution in [0.25, 0.3) is 38.6 Å². The van der Waals surface area contributed by atoms with Crippen molar-refractivity contribution in [1.29, 1.82) is 0 Å². The molecule has 0 spiro atoms. The Bertz CT molecular complexity index is 1480. The maximum absolute atomic E-state index is 4.99. The van der Waals surface area contributed by atoms with Crippen molar-refractivity contribution < 1.29 is 53.8 Å². The minimum atomic E-state index is 0. The smallest absolute Gasteiger partial charge is 0.358 e. The molecule has 2 heterocycles. The fraction of sp³-hybridized carbons (Fsp3) is 0.312. The molecular weight excluding hydrogens is 696 g/mol. The summed E-state index contributed by atoms with van der Waals surface area (Å²) in [6.07, 6.45) is 2.08. The summed E-state index contributed by atoms with van der Waals surface area (Å²) in [5.74, 6) is 1.34. The second-order valence-electron chi connectivity index (χ2n) is 10.3. The Morgan fingerprint density at radius 3 is 2.06 bits per heavy atom. The van der Waals surface area contributed by atoms with Crippen molar-refractivity contribution in [3.63, 3.8) is 0 Å². The van der Waals surface area contributed by atoms with Gasteiger partial charge in [-0.1, -0.05) is 76.8 Å². The predicted octanol–water partition coefficient (Wildman–Crippen LogP) is 9.23. The Morgan fingerprint density at radius 1 is 0.833 bits per heavy atom. The van der Waals surface area contributed by atoms with Crippen LogP contribution in [0, 0.1) is 20.4 Å². The van der Waals surface area contributed by atoms with Gasteiger partial charge >= 0.3 is 21.1 Å². The first-order chi connectivity index (χ1) is 15.8. The van der Waals surface area contributed by atoms with Crippen molar-refractivity contribution in [3.8, 4) is 11.3 Å². The van der Waals surface area contributed by atoms with Crippen molar-refractivity contribution in [2.24, 2.45) is 0 Å². The quantitative estimate of drug-likeness (QED) is 0.133. The molecule has 1 radical (unpaired) electrons. The van der Waals surface area contributed by atoms with Gasteiger partial charge in [0.2, 0.25) is 0 Å². The molecule has 187 valence electrons. The summed E-state index contributed by atoms with van der Waals surface area (Å²) in [5.41, 5.74) is 10.2. The minimum Gasteiger partial charge on any atom is -0.358 e. The van der Waals surface area contributed by atoms with Gasteiger partial charge in [-0.05, 0) is 52.8 Å². The second kappa shape index (κ2) is 12.0. The number of fused-ring (bicyclic) bond motifs is 6. The van der Waals surface area contributed by atoms with Gasteiger partial charge in [0.25, 0.3) is 0 Å². The molecule has 0 amide bonds. The third-order valence-corrected chi connectivity index (χ3v) is 6.91. The third-order valence-electron chi connectivity index (χ3n) is 6.91. The fourth-order valence-corrected chi connectivity index (χ4v) is 5.11. The molecule has 0 unspecified atom stereocenters. The summed E-state index contributed by atoms with van der Waals surface area (Å²) < 4.78 is 2.37. The standard InChI is InChI=1S/C31H33N2.CH3.Pt.Y/c1-18(2)22-15-25(19(3)4)30(26(16-22)20(5)6)29-17-32-31-24-11-9-8-10-23(24)27-14-21(7)12-13-28(27)33(29)31;;;/h8-10,12-20H,1-7H3;1H3;;/q2*-1;+2;. The van der Waals surface area contributed by atoms with Crippen molar-refractivity contribution in [2.45, 2.75) is 66.2 Å². The van der Waals surface area contributed by atoms with Crippen LogP contribution >= 0.6 is 0 Å². The summed E-state index contributed by atoms with van der Waals surface area (Å²) in [5, 5.41) is 3.55. The Balaban J connectivity index is 0.00000152. The van der Waals surface area contributed by atoms with Crippen LogP contribution in [0.4, 0.5) is 0 Å². The number of aromatic nitrogens is 2. The van der Waals surface area contributed by atoms with Gasteiger partial charge in [0.1, 0.15) is 0 Å². The van der Waals surface area contributed by atoms with Crippen molar-refractivity contribution in [2.75, 3.05) is 0 Å². The van der Waals surface area contributed by atoms with Gasteiger partial charge in [-0.3, -0.25) is 4.98 Å². The zero-order valence-electron chi connectivity index (χ0n) is 22.7. The van der Waals surface area contributed by atoms with E-state index in [2.05, 4.69) is 108 Å². The summed E-state index contributed by atoms with van der Waals surface area (Å²) in [4.78, 5) is 4.99. The first kappa shape index (κ1) is 30.9. The monoisotopic (exact) mass is 732 g/mol. The molecular formula is C32H36N2PtY. The zero-order chi connectivity index (χ0) is 23.4. The molecule has 2 nitrogen and oxygen atoms in total. The van der Waals surface area contributed by atoms with E-state index in [0.717, 1.165) is 11.0 Å². The molecule has 36 heavy (non-hydrogen) atoms. The molecule has 5 rings (SSSR count). The van der Waals surface area contributed by atoms with Crippen LogP contribution in [-0.2, 0) is 53.8 Å². The summed E-state index contributed by atoms with van der Waals surface area (Å²) >= 11 is 0. The number of hydrogen-bond donors (Lipinski definition) is 0. The van der Waals surface area contributed by atoms with Crippen LogP contribution in [0.1, 0.15) is 81.5 Å². The van der Waals surface area contributed by atoms with E-state index in [1.54, 1.807) is 0 Å². The van der Waals surface area contributed by atoms with E-state index in [1.165, 1.54) is 49.8 Å². The average molecular weight is 733 g/mol. The van der Waals surface area contributed by atoms with Crippen LogP contribution in [0.5, 0.6) is 0 Å². The molecule has 0 bridgehead atoms. The van der Waals surface area contributed by atoms with Gasteiger partial charge in [-0.25, -0.2) is 0 Å². The van der Waals surface area contributed by atoms with Crippen LogP contribution in [0.2, 0.25) is 0 Å². The first-order valence-corrected chi connectivity index (χ1v) is 12.2. The van der Waals surface area contributed by atoms with Crippen molar-refractivity contribution >= 4 is 27.3 Å². The molecule has 4 heteroatoms. The van der Waals surface area contributed by atoms with Gasteiger partial charge in [0.15, 0.2) is 0 Å². The minimum absolute atomic E-state index is 0. The van der Waals surface area contributed by atoms with Gasteiger partial charge in [-0.15, -0.1) is 29.7 Å². The Kier molecular flexibility index (Phi) is 10.3. The Hall–Kier alpha value is -1.34. The zero-order valence-corrected chi connectivity index (χ0v) is 27.8. The topological polar surface area (TPSA) is 17.3 Å². The number of nitrogens with zero attached hydrogens (tertiary/aromatic N) is 2. The van der Waals surface area contributed by atoms with E-state index >= 15 is 0 Å². The van der Waals surface area contributed by atoms with E-state index in [1.807, 2.05) is 6.07 Å². The molecule has 0 N–H and O–H groups in total. The summed E-state index contributed by atoms with van der Waals surface area (Å²) in [6, 6.07) is 21.4. The first-order valence-electron chi connectivity index (χ1n) is 12.2. The number of benzene rings is 3. The van der Waals surface area contributed by atoms with Gasteiger partial charge in [-0.2, -0.15) is 0 Å². The van der Waals surface area contributed by atoms with E-state index in [-0.39, 0.29) is 61.2 Å². The summed E-state index contributed by atoms with van der Waals surface area (Å²) in [6.45, 7) is 16.0. The number of imidazole rings is 1. The van der Waals surface area contributed by atoms with Gasteiger partial charge < -0.3 is 11.8 Å². The molecule has 0 fully saturated rings. The van der Waals surface area contributed by atoms with Crippen LogP contribution in [0.15, 0.2) is 54.7 Å². The number of aryl methyl sites for hydroxylation is 1. The fourth-order valence-electron chi connectivity index (χ4n) is 5.11. The van der Waals surface area contributed by atoms with E-state index in [0.29, 0.717) is 17.8 Å². The van der Waals surface area contributed by atoms with Crippen LogP contribution < -0.4 is 0 Å². The number of rotatable bonds is 4. The Morgan fingerprint density at radius 2 is 1.47 bits per heavy atom. The molecule has 0 aliphatic rings. The molecule has 0 atom stereocenters. The predicted molar refractivity (Wildman–Crippen MR) is 148 cm³/mol. The average Bonchev–Trinajstić information content (AvgIpc) is 3.23. The molecule has 3 aromatic carbocycles. The summed E-state index contributed by atoms with van der Waals surface area (Å²) in [7, 11) is 0. The van der Waals surface area contributed by atoms with Crippen molar-refractivity contribution in [3.05, 3.63) is 90.5 Å². The number of hydrogen-bond acceptors (Lipinski definition) is 1. The largest absolute Gasteiger partial charge is 2.00 e. The van der Waals surface area contributed by atoms with Crippen molar-refractivity contribution in [1.82, 2.24) is 9.38 Å². The van der Waals surface area contributed by atoms with E-state index < -0.39 is 0 Å². The number of pyridine rings is 1. The molecule has 0 aliphatic heterocycles. The maximum atomic E-state index is 4.99. The van der Waals surface area contributed by atoms with Crippen LogP contribution in [0.3, 0.4) is 0 Å². The molecule has 2 aromatic heterocycles. The van der Waals surface area contributed by atoms with E-state index in [4.69, 9.17) is 4.98 Å². The third kappa shape index (κ3) is 5.16. The SMILES string of the molecule is Cc1ccc2c(c1)c1ccc[c-]c1c1ncc(-c3c(C(C)C)cc(C(C)C)cc3C(C)C)n21.[CH3-].[Pt+2].[Y]. The van der Waals surface area contributed by atoms with Crippen LogP contribution in [-0.4, -0.2) is 9.38 Å². The second-order valence-corrected chi connectivity index (χ2v) is 10.3. The normalized spacial score (nSPS) is 11.3. The van der Waals surface area contributed by atoms with E-state index in [9.17, 15) is 0 Å². The molecule has 0 saturated heterocycles. The van der Waals surface area contributed by atoms with Gasteiger partial charge in [0.05, 0.1) is 11.3 Å². The molecule has 0 aliphatic carbocycles.